The summed E-state index contributed by atoms with van der Waals surface area (Å²) >= 11 is 0. The summed E-state index contributed by atoms with van der Waals surface area (Å²) in [5, 5.41) is 7.25. The number of rotatable bonds is 0. The highest BCUT2D eigenvalue weighted by molar-refractivity contribution is 5.85. The molecule has 1 N–H and O–H groups in total. The van der Waals surface area contributed by atoms with E-state index in [-0.39, 0.29) is 0 Å². The fraction of sp³-hybridized carbons (Fsp3) is 0.833. The van der Waals surface area contributed by atoms with Gasteiger partial charge in [-0.3, -0.25) is 0 Å². The van der Waals surface area contributed by atoms with Crippen molar-refractivity contribution < 1.29 is 0 Å². The van der Waals surface area contributed by atoms with Crippen LogP contribution in [0.2, 0.25) is 0 Å². The Morgan fingerprint density at radius 2 is 2.43 bits per heavy atom. The molecule has 1 aliphatic carbocycles. The Kier molecular flexibility index (Phi) is 1.13. The van der Waals surface area contributed by atoms with Crippen LogP contribution in [0.1, 0.15) is 26.2 Å². The first-order valence-corrected chi connectivity index (χ1v) is 2.88. The van der Waals surface area contributed by atoms with Gasteiger partial charge >= 0.3 is 0 Å². The van der Waals surface area contributed by atoms with E-state index in [1.807, 2.05) is 0 Å². The highest BCUT2D eigenvalue weighted by atomic mass is 14.5. The van der Waals surface area contributed by atoms with E-state index in [9.17, 15) is 0 Å². The van der Waals surface area contributed by atoms with Crippen LogP contribution in [0, 0.1) is 11.3 Å². The molecule has 1 fully saturated rings. The second-order valence-corrected chi connectivity index (χ2v) is 2.32. The highest BCUT2D eigenvalue weighted by Gasteiger charge is 2.14. The Hall–Kier alpha value is -0.330. The lowest BCUT2D eigenvalue weighted by Gasteiger charge is -1.95. The minimum absolute atomic E-state index is 0.597. The van der Waals surface area contributed by atoms with E-state index in [1.165, 1.54) is 12.8 Å². The van der Waals surface area contributed by atoms with Gasteiger partial charge in [0.25, 0.3) is 0 Å². The molecule has 1 unspecified atom stereocenters. The summed E-state index contributed by atoms with van der Waals surface area (Å²) in [7, 11) is 0. The second-order valence-electron chi connectivity index (χ2n) is 2.32. The van der Waals surface area contributed by atoms with Crippen LogP contribution in [0.3, 0.4) is 0 Å². The third-order valence-corrected chi connectivity index (χ3v) is 1.68. The first-order valence-electron chi connectivity index (χ1n) is 2.88. The van der Waals surface area contributed by atoms with Crippen molar-refractivity contribution in [1.82, 2.24) is 0 Å². The molecule has 0 spiro atoms. The van der Waals surface area contributed by atoms with Gasteiger partial charge in [-0.15, -0.1) is 0 Å². The summed E-state index contributed by atoms with van der Waals surface area (Å²) in [4.78, 5) is 0. The SMILES string of the molecule is CC1CCCC1=N. The molecular formula is C6H11N. The molecule has 1 heteroatoms. The number of hydrogen-bond acceptors (Lipinski definition) is 1. The van der Waals surface area contributed by atoms with E-state index in [1.54, 1.807) is 0 Å². The molecule has 1 nitrogen and oxygen atoms in total. The zero-order valence-electron chi connectivity index (χ0n) is 4.70. The van der Waals surface area contributed by atoms with Crippen molar-refractivity contribution in [2.45, 2.75) is 26.2 Å². The summed E-state index contributed by atoms with van der Waals surface area (Å²) in [6.45, 7) is 2.13. The van der Waals surface area contributed by atoms with Crippen LogP contribution in [-0.2, 0) is 0 Å². The van der Waals surface area contributed by atoms with Crippen molar-refractivity contribution in [3.8, 4) is 0 Å². The Balaban J connectivity index is 2.48. The average molecular weight is 97.2 g/mol. The van der Waals surface area contributed by atoms with Crippen molar-refractivity contribution in [3.05, 3.63) is 0 Å². The minimum Gasteiger partial charge on any atom is -0.309 e. The van der Waals surface area contributed by atoms with Crippen LogP contribution in [0.5, 0.6) is 0 Å². The molecule has 1 atom stereocenters. The van der Waals surface area contributed by atoms with Crippen molar-refractivity contribution >= 4 is 5.71 Å². The Bertz CT molecular complexity index is 86.2. The lowest BCUT2D eigenvalue weighted by atomic mass is 10.1. The van der Waals surface area contributed by atoms with Gasteiger partial charge in [0.05, 0.1) is 0 Å². The summed E-state index contributed by atoms with van der Waals surface area (Å²) < 4.78 is 0. The topological polar surface area (TPSA) is 23.9 Å². The maximum atomic E-state index is 7.25. The fourth-order valence-electron chi connectivity index (χ4n) is 1.02. The third kappa shape index (κ3) is 0.817. The van der Waals surface area contributed by atoms with Crippen LogP contribution in [-0.4, -0.2) is 5.71 Å². The predicted molar refractivity (Wildman–Crippen MR) is 30.7 cm³/mol. The van der Waals surface area contributed by atoms with E-state index in [0.717, 1.165) is 12.1 Å². The molecule has 0 amide bonds. The van der Waals surface area contributed by atoms with E-state index in [2.05, 4.69) is 6.92 Å². The van der Waals surface area contributed by atoms with Crippen LogP contribution in [0.4, 0.5) is 0 Å². The first-order chi connectivity index (χ1) is 3.30. The van der Waals surface area contributed by atoms with E-state index < -0.39 is 0 Å². The normalized spacial score (nSPS) is 31.6. The molecule has 0 bridgehead atoms. The maximum Gasteiger partial charge on any atom is 0.0117 e. The highest BCUT2D eigenvalue weighted by Crippen LogP contribution is 2.19. The van der Waals surface area contributed by atoms with Gasteiger partial charge in [-0.05, 0) is 25.2 Å². The van der Waals surface area contributed by atoms with Crippen LogP contribution in [0.25, 0.3) is 0 Å². The molecule has 1 rings (SSSR count). The van der Waals surface area contributed by atoms with Crippen LogP contribution >= 0.6 is 0 Å². The van der Waals surface area contributed by atoms with Gasteiger partial charge in [-0.2, -0.15) is 0 Å². The van der Waals surface area contributed by atoms with Gasteiger partial charge < -0.3 is 5.41 Å². The molecule has 0 saturated heterocycles. The Morgan fingerprint density at radius 3 is 2.57 bits per heavy atom. The van der Waals surface area contributed by atoms with Crippen molar-refractivity contribution in [2.24, 2.45) is 5.92 Å². The molecule has 0 aromatic carbocycles. The molecule has 1 saturated carbocycles. The largest absolute Gasteiger partial charge is 0.309 e. The van der Waals surface area contributed by atoms with E-state index in [4.69, 9.17) is 5.41 Å². The lowest BCUT2D eigenvalue weighted by Crippen LogP contribution is -1.97. The second kappa shape index (κ2) is 1.65. The molecule has 0 aromatic rings. The quantitative estimate of drug-likeness (QED) is 0.477. The van der Waals surface area contributed by atoms with Gasteiger partial charge in [-0.25, -0.2) is 0 Å². The van der Waals surface area contributed by atoms with Gasteiger partial charge in [0.2, 0.25) is 0 Å². The zero-order valence-corrected chi connectivity index (χ0v) is 4.70. The average Bonchev–Trinajstić information content (AvgIpc) is 1.91. The van der Waals surface area contributed by atoms with Crippen molar-refractivity contribution in [3.63, 3.8) is 0 Å². The third-order valence-electron chi connectivity index (χ3n) is 1.68. The van der Waals surface area contributed by atoms with Gasteiger partial charge in [0.1, 0.15) is 0 Å². The lowest BCUT2D eigenvalue weighted by molar-refractivity contribution is 0.727. The summed E-state index contributed by atoms with van der Waals surface area (Å²) in [5.41, 5.74) is 0.958. The Labute approximate surface area is 44.2 Å². The smallest absolute Gasteiger partial charge is 0.0117 e. The standard InChI is InChI=1S/C6H11N/c1-5-3-2-4-6(5)7/h5,7H,2-4H2,1H3. The van der Waals surface area contributed by atoms with Crippen molar-refractivity contribution in [1.29, 1.82) is 5.41 Å². The summed E-state index contributed by atoms with van der Waals surface area (Å²) in [5.74, 6) is 0.597. The van der Waals surface area contributed by atoms with Crippen LogP contribution < -0.4 is 0 Å². The first kappa shape index (κ1) is 4.82. The molecular weight excluding hydrogens is 86.1 g/mol. The zero-order chi connectivity index (χ0) is 5.28. The molecule has 1 aliphatic rings. The van der Waals surface area contributed by atoms with Gasteiger partial charge in [-0.1, -0.05) is 6.92 Å². The predicted octanol–water partition coefficient (Wildman–Crippen LogP) is 1.83. The fourth-order valence-corrected chi connectivity index (χ4v) is 1.02. The van der Waals surface area contributed by atoms with Crippen LogP contribution in [0.15, 0.2) is 0 Å². The Morgan fingerprint density at radius 1 is 1.71 bits per heavy atom. The maximum absolute atomic E-state index is 7.25. The number of nitrogens with one attached hydrogen (secondary N) is 1. The van der Waals surface area contributed by atoms with Gasteiger partial charge in [0.15, 0.2) is 0 Å². The summed E-state index contributed by atoms with van der Waals surface area (Å²) in [6, 6.07) is 0. The van der Waals surface area contributed by atoms with E-state index >= 15 is 0 Å². The van der Waals surface area contributed by atoms with Crippen molar-refractivity contribution in [2.75, 3.05) is 0 Å². The number of hydrogen-bond donors (Lipinski definition) is 1. The molecule has 40 valence electrons. The van der Waals surface area contributed by atoms with Gasteiger partial charge in [0, 0.05) is 5.71 Å². The molecule has 0 radical (unpaired) electrons. The van der Waals surface area contributed by atoms with E-state index in [0.29, 0.717) is 5.92 Å². The monoisotopic (exact) mass is 97.1 g/mol. The molecule has 7 heavy (non-hydrogen) atoms. The minimum atomic E-state index is 0.597. The molecule has 0 aromatic heterocycles. The molecule has 0 aliphatic heterocycles. The summed E-state index contributed by atoms with van der Waals surface area (Å²) in [6.07, 6.45) is 3.56. The molecule has 0 heterocycles.